The van der Waals surface area contributed by atoms with Gasteiger partial charge in [0.2, 0.25) is 0 Å². The van der Waals surface area contributed by atoms with Crippen LogP contribution in [0.5, 0.6) is 0 Å². The van der Waals surface area contributed by atoms with Gasteiger partial charge in [-0.3, -0.25) is 0 Å². The molecule has 1 aromatic carbocycles. The molecular weight excluding hydrogens is 342 g/mol. The molecule has 0 bridgehead atoms. The molecule has 0 saturated carbocycles. The van der Waals surface area contributed by atoms with Gasteiger partial charge in [-0.2, -0.15) is 0 Å². The van der Waals surface area contributed by atoms with Crippen LogP contribution in [0.15, 0.2) is 22.7 Å². The van der Waals surface area contributed by atoms with E-state index in [-0.39, 0.29) is 0 Å². The van der Waals surface area contributed by atoms with Crippen molar-refractivity contribution in [2.75, 3.05) is 25.1 Å². The monoisotopic (exact) mass is 363 g/mol. The molecule has 0 aliphatic carbocycles. The summed E-state index contributed by atoms with van der Waals surface area (Å²) >= 11 is 9.45. The van der Waals surface area contributed by atoms with Crippen LogP contribution in [0.3, 0.4) is 0 Å². The summed E-state index contributed by atoms with van der Waals surface area (Å²) in [5, 5.41) is 13.6. The number of anilines is 1. The maximum atomic E-state index is 9.84. The van der Waals surface area contributed by atoms with Crippen molar-refractivity contribution in [2.45, 2.75) is 32.8 Å². The fourth-order valence-electron chi connectivity index (χ4n) is 1.73. The molecule has 114 valence electrons. The summed E-state index contributed by atoms with van der Waals surface area (Å²) in [6, 6.07) is 5.57. The van der Waals surface area contributed by atoms with E-state index in [1.165, 1.54) is 0 Å². The molecular formula is C15H23BrClNO2. The largest absolute Gasteiger partial charge is 0.389 e. The molecule has 0 aliphatic rings. The lowest BCUT2D eigenvalue weighted by Crippen LogP contribution is -2.25. The molecule has 20 heavy (non-hydrogen) atoms. The van der Waals surface area contributed by atoms with Crippen LogP contribution in [0.1, 0.15) is 26.7 Å². The number of rotatable bonds is 9. The second-order valence-electron chi connectivity index (χ2n) is 5.27. The first kappa shape index (κ1) is 17.8. The minimum Gasteiger partial charge on any atom is -0.389 e. The van der Waals surface area contributed by atoms with Crippen LogP contribution in [0.25, 0.3) is 0 Å². The number of aliphatic hydroxyl groups excluding tert-OH is 1. The zero-order valence-corrected chi connectivity index (χ0v) is 14.4. The predicted octanol–water partition coefficient (Wildman–Crippen LogP) is 4.33. The Kier molecular flexibility index (Phi) is 8.53. The summed E-state index contributed by atoms with van der Waals surface area (Å²) in [5.41, 5.74) is 0.805. The summed E-state index contributed by atoms with van der Waals surface area (Å²) < 4.78 is 6.40. The molecule has 0 aliphatic heterocycles. The lowest BCUT2D eigenvalue weighted by molar-refractivity contribution is 0.0409. The molecule has 0 saturated heterocycles. The highest BCUT2D eigenvalue weighted by Crippen LogP contribution is 2.25. The number of halogens is 2. The molecule has 0 amide bonds. The van der Waals surface area contributed by atoms with E-state index >= 15 is 0 Å². The Morgan fingerprint density at radius 1 is 1.40 bits per heavy atom. The first-order chi connectivity index (χ1) is 9.49. The zero-order chi connectivity index (χ0) is 15.0. The van der Waals surface area contributed by atoms with E-state index in [0.29, 0.717) is 30.7 Å². The Morgan fingerprint density at radius 3 is 2.85 bits per heavy atom. The number of aliphatic hydroxyl groups is 1. The van der Waals surface area contributed by atoms with E-state index in [2.05, 4.69) is 35.1 Å². The van der Waals surface area contributed by atoms with Crippen molar-refractivity contribution in [1.29, 1.82) is 0 Å². The van der Waals surface area contributed by atoms with E-state index in [9.17, 15) is 5.11 Å². The zero-order valence-electron chi connectivity index (χ0n) is 12.0. The van der Waals surface area contributed by atoms with Gasteiger partial charge in [-0.05, 0) is 37.0 Å². The Balaban J connectivity index is 2.19. The molecule has 1 rings (SSSR count). The standard InChI is InChI=1S/C15H23BrClNO2/c1-11(2)4-3-7-20-10-13(19)9-18-15-8-12(16)5-6-14(15)17/h5-6,8,11,13,18-19H,3-4,7,9-10H2,1-2H3. The topological polar surface area (TPSA) is 41.5 Å². The molecule has 0 aromatic heterocycles. The Morgan fingerprint density at radius 2 is 2.15 bits per heavy atom. The van der Waals surface area contributed by atoms with E-state index in [0.717, 1.165) is 23.0 Å². The van der Waals surface area contributed by atoms with Gasteiger partial charge >= 0.3 is 0 Å². The van der Waals surface area contributed by atoms with E-state index < -0.39 is 6.10 Å². The van der Waals surface area contributed by atoms with E-state index in [4.69, 9.17) is 16.3 Å². The minimum atomic E-state index is -0.538. The predicted molar refractivity (Wildman–Crippen MR) is 88.5 cm³/mol. The van der Waals surface area contributed by atoms with Crippen LogP contribution in [0.4, 0.5) is 5.69 Å². The van der Waals surface area contributed by atoms with Crippen LogP contribution in [-0.2, 0) is 4.74 Å². The first-order valence-corrected chi connectivity index (χ1v) is 8.11. The van der Waals surface area contributed by atoms with Crippen molar-refractivity contribution >= 4 is 33.2 Å². The molecule has 0 heterocycles. The summed E-state index contributed by atoms with van der Waals surface area (Å²) in [7, 11) is 0. The third-order valence-electron chi connectivity index (χ3n) is 2.84. The molecule has 1 unspecified atom stereocenters. The smallest absolute Gasteiger partial charge is 0.0945 e. The highest BCUT2D eigenvalue weighted by Gasteiger charge is 2.06. The Labute approximate surface area is 134 Å². The van der Waals surface area contributed by atoms with Crippen LogP contribution in [-0.4, -0.2) is 31.0 Å². The van der Waals surface area contributed by atoms with Gasteiger partial charge < -0.3 is 15.2 Å². The number of nitrogens with one attached hydrogen (secondary N) is 1. The quantitative estimate of drug-likeness (QED) is 0.641. The average molecular weight is 365 g/mol. The summed E-state index contributed by atoms with van der Waals surface area (Å²) in [6.07, 6.45) is 1.65. The fraction of sp³-hybridized carbons (Fsp3) is 0.600. The Hall–Kier alpha value is -0.290. The van der Waals surface area contributed by atoms with Crippen molar-refractivity contribution in [1.82, 2.24) is 0 Å². The summed E-state index contributed by atoms with van der Waals surface area (Å²) in [6.45, 7) is 5.85. The highest BCUT2D eigenvalue weighted by atomic mass is 79.9. The van der Waals surface area contributed by atoms with Gasteiger partial charge in [0.25, 0.3) is 0 Å². The third-order valence-corrected chi connectivity index (χ3v) is 3.66. The maximum Gasteiger partial charge on any atom is 0.0945 e. The van der Waals surface area contributed by atoms with Gasteiger partial charge in [-0.25, -0.2) is 0 Å². The number of hydrogen-bond acceptors (Lipinski definition) is 3. The molecule has 1 aromatic rings. The van der Waals surface area contributed by atoms with E-state index in [1.54, 1.807) is 0 Å². The van der Waals surface area contributed by atoms with E-state index in [1.807, 2.05) is 18.2 Å². The summed E-state index contributed by atoms with van der Waals surface area (Å²) in [5.74, 6) is 0.698. The molecule has 0 fully saturated rings. The van der Waals surface area contributed by atoms with Gasteiger partial charge in [0.15, 0.2) is 0 Å². The van der Waals surface area contributed by atoms with Crippen molar-refractivity contribution in [3.05, 3.63) is 27.7 Å². The van der Waals surface area contributed by atoms with Crippen LogP contribution in [0, 0.1) is 5.92 Å². The van der Waals surface area contributed by atoms with Crippen molar-refractivity contribution in [2.24, 2.45) is 5.92 Å². The SMILES string of the molecule is CC(C)CCCOCC(O)CNc1cc(Br)ccc1Cl. The molecule has 3 nitrogen and oxygen atoms in total. The third kappa shape index (κ3) is 7.48. The number of hydrogen-bond donors (Lipinski definition) is 2. The van der Waals surface area contributed by atoms with Crippen LogP contribution >= 0.6 is 27.5 Å². The van der Waals surface area contributed by atoms with Crippen molar-refractivity contribution in [3.63, 3.8) is 0 Å². The van der Waals surface area contributed by atoms with Crippen molar-refractivity contribution in [3.8, 4) is 0 Å². The van der Waals surface area contributed by atoms with Crippen molar-refractivity contribution < 1.29 is 9.84 Å². The maximum absolute atomic E-state index is 9.84. The van der Waals surface area contributed by atoms with Gasteiger partial charge in [0, 0.05) is 17.6 Å². The van der Waals surface area contributed by atoms with Gasteiger partial charge in [-0.1, -0.05) is 41.4 Å². The van der Waals surface area contributed by atoms with Gasteiger partial charge in [0.1, 0.15) is 0 Å². The minimum absolute atomic E-state index is 0.344. The number of ether oxygens (including phenoxy) is 1. The highest BCUT2D eigenvalue weighted by molar-refractivity contribution is 9.10. The molecule has 0 radical (unpaired) electrons. The second kappa shape index (κ2) is 9.61. The van der Waals surface area contributed by atoms with Gasteiger partial charge in [-0.15, -0.1) is 0 Å². The van der Waals surface area contributed by atoms with Gasteiger partial charge in [0.05, 0.1) is 23.4 Å². The fourth-order valence-corrected chi connectivity index (χ4v) is 2.28. The van der Waals surface area contributed by atoms with Crippen LogP contribution in [0.2, 0.25) is 5.02 Å². The molecule has 2 N–H and O–H groups in total. The lowest BCUT2D eigenvalue weighted by atomic mass is 10.1. The number of benzene rings is 1. The second-order valence-corrected chi connectivity index (χ2v) is 6.59. The summed E-state index contributed by atoms with van der Waals surface area (Å²) in [4.78, 5) is 0. The Bertz CT molecular complexity index is 401. The molecule has 0 spiro atoms. The normalized spacial score (nSPS) is 12.7. The first-order valence-electron chi connectivity index (χ1n) is 6.93. The average Bonchev–Trinajstić information content (AvgIpc) is 2.39. The lowest BCUT2D eigenvalue weighted by Gasteiger charge is -2.14. The molecule has 1 atom stereocenters. The molecule has 5 heteroatoms. The van der Waals surface area contributed by atoms with Crippen LogP contribution < -0.4 is 5.32 Å².